The number of hydrogen-bond acceptors (Lipinski definition) is 4. The number of nitro groups is 1. The smallest absolute Gasteiger partial charge is 0.325 e. The monoisotopic (exact) mass is 236 g/mol. The molecule has 0 radical (unpaired) electrons. The lowest BCUT2D eigenvalue weighted by Gasteiger charge is -2.13. The van der Waals surface area contributed by atoms with E-state index >= 15 is 0 Å². The average molecular weight is 236 g/mol. The first-order valence-electron chi connectivity index (χ1n) is 5.31. The van der Waals surface area contributed by atoms with Crippen molar-refractivity contribution in [3.05, 3.63) is 39.9 Å². The molecule has 1 aliphatic rings. The van der Waals surface area contributed by atoms with Crippen LogP contribution in [-0.4, -0.2) is 22.0 Å². The molecule has 0 saturated heterocycles. The van der Waals surface area contributed by atoms with Gasteiger partial charge in [0.05, 0.1) is 4.92 Å². The van der Waals surface area contributed by atoms with Gasteiger partial charge in [-0.2, -0.15) is 0 Å². The van der Waals surface area contributed by atoms with Gasteiger partial charge in [0.15, 0.2) is 0 Å². The molecule has 2 N–H and O–H groups in total. The summed E-state index contributed by atoms with van der Waals surface area (Å²) in [5, 5.41) is 22.7. The van der Waals surface area contributed by atoms with Gasteiger partial charge in [0, 0.05) is 18.2 Å². The van der Waals surface area contributed by atoms with Crippen LogP contribution in [0.15, 0.2) is 24.3 Å². The SMILES string of the molecule is O=C(O)C(NC1CC1)c1cccc([N+](=O)[O-])c1. The van der Waals surface area contributed by atoms with E-state index in [2.05, 4.69) is 5.32 Å². The number of carboxylic acid groups (broad SMARTS) is 1. The van der Waals surface area contributed by atoms with Gasteiger partial charge in [0.2, 0.25) is 0 Å². The summed E-state index contributed by atoms with van der Waals surface area (Å²) >= 11 is 0. The van der Waals surface area contributed by atoms with Crippen LogP contribution in [0.3, 0.4) is 0 Å². The van der Waals surface area contributed by atoms with Crippen LogP contribution in [0.5, 0.6) is 0 Å². The molecule has 0 aliphatic heterocycles. The molecular weight excluding hydrogens is 224 g/mol. The molecule has 2 rings (SSSR count). The van der Waals surface area contributed by atoms with Gasteiger partial charge in [-0.05, 0) is 18.4 Å². The first-order chi connectivity index (χ1) is 8.08. The van der Waals surface area contributed by atoms with Crippen molar-refractivity contribution in [2.45, 2.75) is 24.9 Å². The number of rotatable bonds is 5. The van der Waals surface area contributed by atoms with Gasteiger partial charge in [0.1, 0.15) is 6.04 Å². The summed E-state index contributed by atoms with van der Waals surface area (Å²) in [6, 6.07) is 5.07. The largest absolute Gasteiger partial charge is 0.480 e. The maximum absolute atomic E-state index is 11.1. The lowest BCUT2D eigenvalue weighted by molar-refractivity contribution is -0.384. The molecule has 1 atom stereocenters. The summed E-state index contributed by atoms with van der Waals surface area (Å²) < 4.78 is 0. The van der Waals surface area contributed by atoms with Gasteiger partial charge in [-0.25, -0.2) is 0 Å². The Bertz CT molecular complexity index is 457. The summed E-state index contributed by atoms with van der Waals surface area (Å²) in [6.07, 6.45) is 1.91. The fourth-order valence-corrected chi connectivity index (χ4v) is 1.61. The van der Waals surface area contributed by atoms with Crippen molar-refractivity contribution in [1.29, 1.82) is 0 Å². The van der Waals surface area contributed by atoms with E-state index in [-0.39, 0.29) is 11.7 Å². The van der Waals surface area contributed by atoms with E-state index in [1.807, 2.05) is 0 Å². The minimum atomic E-state index is -1.02. The topological polar surface area (TPSA) is 92.5 Å². The highest BCUT2D eigenvalue weighted by atomic mass is 16.6. The minimum absolute atomic E-state index is 0.0913. The van der Waals surface area contributed by atoms with Crippen molar-refractivity contribution in [1.82, 2.24) is 5.32 Å². The highest BCUT2D eigenvalue weighted by molar-refractivity contribution is 5.76. The predicted molar refractivity (Wildman–Crippen MR) is 59.6 cm³/mol. The van der Waals surface area contributed by atoms with Crippen molar-refractivity contribution in [2.75, 3.05) is 0 Å². The fourth-order valence-electron chi connectivity index (χ4n) is 1.61. The molecule has 1 aliphatic carbocycles. The van der Waals surface area contributed by atoms with Crippen LogP contribution in [0.4, 0.5) is 5.69 Å². The van der Waals surface area contributed by atoms with Gasteiger partial charge in [-0.3, -0.25) is 20.2 Å². The third kappa shape index (κ3) is 2.79. The number of aliphatic carboxylic acids is 1. The lowest BCUT2D eigenvalue weighted by Crippen LogP contribution is -2.30. The van der Waals surface area contributed by atoms with E-state index in [1.165, 1.54) is 18.2 Å². The van der Waals surface area contributed by atoms with Gasteiger partial charge in [-0.1, -0.05) is 12.1 Å². The van der Waals surface area contributed by atoms with Crippen LogP contribution < -0.4 is 5.32 Å². The Labute approximate surface area is 97.4 Å². The number of hydrogen-bond donors (Lipinski definition) is 2. The average Bonchev–Trinajstić information content (AvgIpc) is 3.09. The molecule has 90 valence electrons. The van der Waals surface area contributed by atoms with E-state index in [0.29, 0.717) is 5.56 Å². The van der Waals surface area contributed by atoms with Crippen LogP contribution in [-0.2, 0) is 4.79 Å². The molecule has 0 heterocycles. The Balaban J connectivity index is 2.24. The highest BCUT2D eigenvalue weighted by Crippen LogP contribution is 2.26. The van der Waals surface area contributed by atoms with Crippen molar-refractivity contribution in [3.63, 3.8) is 0 Å². The number of carbonyl (C=O) groups is 1. The van der Waals surface area contributed by atoms with E-state index < -0.39 is 16.9 Å². The molecule has 1 saturated carbocycles. The zero-order chi connectivity index (χ0) is 12.4. The van der Waals surface area contributed by atoms with Gasteiger partial charge < -0.3 is 5.11 Å². The van der Waals surface area contributed by atoms with Crippen molar-refractivity contribution in [3.8, 4) is 0 Å². The van der Waals surface area contributed by atoms with Crippen molar-refractivity contribution in [2.24, 2.45) is 0 Å². The number of non-ortho nitro benzene ring substituents is 1. The van der Waals surface area contributed by atoms with Crippen molar-refractivity contribution < 1.29 is 14.8 Å². The Kier molecular flexibility index (Phi) is 3.06. The normalized spacial score (nSPS) is 16.5. The van der Waals surface area contributed by atoms with E-state index in [1.54, 1.807) is 6.07 Å². The summed E-state index contributed by atoms with van der Waals surface area (Å²) in [6.45, 7) is 0. The molecule has 17 heavy (non-hydrogen) atoms. The number of nitrogens with one attached hydrogen (secondary N) is 1. The van der Waals surface area contributed by atoms with Gasteiger partial charge >= 0.3 is 5.97 Å². The molecule has 1 unspecified atom stereocenters. The first kappa shape index (κ1) is 11.5. The number of carboxylic acids is 1. The Morgan fingerprint density at radius 2 is 2.24 bits per heavy atom. The second-order valence-corrected chi connectivity index (χ2v) is 4.06. The standard InChI is InChI=1S/C11H12N2O4/c14-11(15)10(12-8-4-5-8)7-2-1-3-9(6-7)13(16)17/h1-3,6,8,10,12H,4-5H2,(H,14,15). The zero-order valence-corrected chi connectivity index (χ0v) is 9.00. The molecule has 0 amide bonds. The Morgan fingerprint density at radius 1 is 1.53 bits per heavy atom. The number of nitrogens with zero attached hydrogens (tertiary/aromatic N) is 1. The van der Waals surface area contributed by atoms with E-state index in [4.69, 9.17) is 5.11 Å². The molecule has 6 heteroatoms. The molecule has 0 spiro atoms. The zero-order valence-electron chi connectivity index (χ0n) is 9.00. The second-order valence-electron chi connectivity index (χ2n) is 4.06. The summed E-state index contributed by atoms with van der Waals surface area (Å²) in [5.74, 6) is -1.02. The van der Waals surface area contributed by atoms with Crippen LogP contribution in [0.1, 0.15) is 24.4 Å². The maximum atomic E-state index is 11.1. The molecule has 1 aromatic rings. The first-order valence-corrected chi connectivity index (χ1v) is 5.31. The third-order valence-corrected chi connectivity index (χ3v) is 2.64. The van der Waals surface area contributed by atoms with Crippen LogP contribution >= 0.6 is 0 Å². The summed E-state index contributed by atoms with van der Waals surface area (Å²) in [4.78, 5) is 21.2. The predicted octanol–water partition coefficient (Wildman–Crippen LogP) is 1.47. The number of nitro benzene ring substituents is 1. The van der Waals surface area contributed by atoms with Crippen LogP contribution in [0.25, 0.3) is 0 Å². The maximum Gasteiger partial charge on any atom is 0.325 e. The minimum Gasteiger partial charge on any atom is -0.480 e. The summed E-state index contributed by atoms with van der Waals surface area (Å²) in [5.41, 5.74) is 0.324. The van der Waals surface area contributed by atoms with Crippen LogP contribution in [0, 0.1) is 10.1 Å². The quantitative estimate of drug-likeness (QED) is 0.596. The van der Waals surface area contributed by atoms with Gasteiger partial charge in [0.25, 0.3) is 5.69 Å². The molecule has 1 fully saturated rings. The van der Waals surface area contributed by atoms with E-state index in [9.17, 15) is 14.9 Å². The van der Waals surface area contributed by atoms with E-state index in [0.717, 1.165) is 12.8 Å². The molecule has 0 aromatic heterocycles. The fraction of sp³-hybridized carbons (Fsp3) is 0.364. The molecule has 6 nitrogen and oxygen atoms in total. The molecule has 1 aromatic carbocycles. The molecule has 0 bridgehead atoms. The lowest BCUT2D eigenvalue weighted by atomic mass is 10.1. The third-order valence-electron chi connectivity index (χ3n) is 2.64. The Morgan fingerprint density at radius 3 is 2.76 bits per heavy atom. The van der Waals surface area contributed by atoms with Crippen LogP contribution in [0.2, 0.25) is 0 Å². The second kappa shape index (κ2) is 4.50. The van der Waals surface area contributed by atoms with Gasteiger partial charge in [-0.15, -0.1) is 0 Å². The number of benzene rings is 1. The highest BCUT2D eigenvalue weighted by Gasteiger charge is 2.29. The summed E-state index contributed by atoms with van der Waals surface area (Å²) in [7, 11) is 0. The molecular formula is C11H12N2O4. The van der Waals surface area contributed by atoms with Crippen molar-refractivity contribution >= 4 is 11.7 Å². The Hall–Kier alpha value is -1.95.